The number of H-pyrrole nitrogens is 1. The van der Waals surface area contributed by atoms with Crippen molar-refractivity contribution in [1.29, 1.82) is 0 Å². The third-order valence-corrected chi connectivity index (χ3v) is 3.44. The van der Waals surface area contributed by atoms with Gasteiger partial charge in [-0.25, -0.2) is 9.59 Å². The molecule has 1 aromatic carbocycles. The SMILES string of the molecule is Nc1[nH]c(=O)c(C(=O)O)c(-c2c(Cl)cccc2OC(F)(F)F)c1C(=O)O. The van der Waals surface area contributed by atoms with E-state index in [0.717, 1.165) is 18.2 Å². The van der Waals surface area contributed by atoms with Crippen molar-refractivity contribution in [2.75, 3.05) is 5.73 Å². The van der Waals surface area contributed by atoms with Crippen molar-refractivity contribution < 1.29 is 37.7 Å². The number of hydrogen-bond donors (Lipinski definition) is 4. The first-order valence-electron chi connectivity index (χ1n) is 6.51. The second kappa shape index (κ2) is 6.59. The predicted octanol–water partition coefficient (Wildman–Crippen LogP) is 2.57. The lowest BCUT2D eigenvalue weighted by atomic mass is 9.94. The van der Waals surface area contributed by atoms with Gasteiger partial charge in [0.15, 0.2) is 0 Å². The molecule has 1 heterocycles. The number of aromatic carboxylic acids is 2. The summed E-state index contributed by atoms with van der Waals surface area (Å²) in [6.07, 6.45) is -5.20. The third-order valence-electron chi connectivity index (χ3n) is 3.12. The molecule has 12 heteroatoms. The van der Waals surface area contributed by atoms with Gasteiger partial charge in [0, 0.05) is 11.1 Å². The van der Waals surface area contributed by atoms with Crippen molar-refractivity contribution >= 4 is 29.4 Å². The number of aromatic nitrogens is 1. The summed E-state index contributed by atoms with van der Waals surface area (Å²) in [7, 11) is 0. The van der Waals surface area contributed by atoms with Gasteiger partial charge in [-0.05, 0) is 12.1 Å². The summed E-state index contributed by atoms with van der Waals surface area (Å²) >= 11 is 5.86. The van der Waals surface area contributed by atoms with Crippen LogP contribution in [0.1, 0.15) is 20.7 Å². The maximum absolute atomic E-state index is 12.7. The molecule has 5 N–H and O–H groups in total. The van der Waals surface area contributed by atoms with E-state index >= 15 is 0 Å². The number of carboxylic acids is 2. The Morgan fingerprint density at radius 2 is 1.69 bits per heavy atom. The number of ether oxygens (including phenoxy) is 1. The van der Waals surface area contributed by atoms with Gasteiger partial charge < -0.3 is 25.7 Å². The van der Waals surface area contributed by atoms with Gasteiger partial charge in [-0.15, -0.1) is 13.2 Å². The van der Waals surface area contributed by atoms with E-state index in [1.807, 2.05) is 4.98 Å². The molecule has 138 valence electrons. The van der Waals surface area contributed by atoms with Crippen LogP contribution < -0.4 is 16.0 Å². The number of hydrogen-bond acceptors (Lipinski definition) is 5. The fraction of sp³-hybridized carbons (Fsp3) is 0.0714. The van der Waals surface area contributed by atoms with Gasteiger partial charge in [-0.3, -0.25) is 4.79 Å². The highest BCUT2D eigenvalue weighted by Gasteiger charge is 2.35. The van der Waals surface area contributed by atoms with Crippen LogP contribution in [-0.4, -0.2) is 33.5 Å². The van der Waals surface area contributed by atoms with Crippen molar-refractivity contribution in [1.82, 2.24) is 4.98 Å². The molecule has 0 bridgehead atoms. The number of nitrogen functional groups attached to an aromatic ring is 1. The van der Waals surface area contributed by atoms with Gasteiger partial charge in [-0.2, -0.15) is 0 Å². The quantitative estimate of drug-likeness (QED) is 0.626. The molecule has 2 aromatic rings. The molecule has 1 aromatic heterocycles. The molecule has 0 aliphatic carbocycles. The summed E-state index contributed by atoms with van der Waals surface area (Å²) in [4.78, 5) is 36.7. The second-order valence-corrected chi connectivity index (χ2v) is 5.17. The minimum atomic E-state index is -5.20. The number of nitrogens with one attached hydrogen (secondary N) is 1. The lowest BCUT2D eigenvalue weighted by molar-refractivity contribution is -0.274. The van der Waals surface area contributed by atoms with Crippen LogP contribution in [0, 0.1) is 0 Å². The Morgan fingerprint density at radius 3 is 2.19 bits per heavy atom. The first kappa shape index (κ1) is 19.1. The Morgan fingerprint density at radius 1 is 1.12 bits per heavy atom. The average Bonchev–Trinajstić information content (AvgIpc) is 2.43. The van der Waals surface area contributed by atoms with Crippen molar-refractivity contribution in [3.05, 3.63) is 44.7 Å². The van der Waals surface area contributed by atoms with E-state index in [9.17, 15) is 37.8 Å². The fourth-order valence-electron chi connectivity index (χ4n) is 2.25. The Kier molecular flexibility index (Phi) is 4.85. The zero-order valence-corrected chi connectivity index (χ0v) is 13.1. The topological polar surface area (TPSA) is 143 Å². The number of benzene rings is 1. The second-order valence-electron chi connectivity index (χ2n) is 4.76. The van der Waals surface area contributed by atoms with Crippen LogP contribution in [0.5, 0.6) is 5.75 Å². The molecule has 2 rings (SSSR count). The highest BCUT2D eigenvalue weighted by molar-refractivity contribution is 6.34. The van der Waals surface area contributed by atoms with Crippen LogP contribution in [0.25, 0.3) is 11.1 Å². The van der Waals surface area contributed by atoms with Crippen molar-refractivity contribution in [3.8, 4) is 16.9 Å². The molecule has 0 aliphatic heterocycles. The molecule has 0 amide bonds. The van der Waals surface area contributed by atoms with Gasteiger partial charge in [0.1, 0.15) is 22.7 Å². The van der Waals surface area contributed by atoms with Crippen molar-refractivity contribution in [3.63, 3.8) is 0 Å². The van der Waals surface area contributed by atoms with Gasteiger partial charge in [-0.1, -0.05) is 17.7 Å². The molecule has 0 radical (unpaired) electrons. The average molecular weight is 393 g/mol. The first-order chi connectivity index (χ1) is 11.9. The summed E-state index contributed by atoms with van der Waals surface area (Å²) in [6.45, 7) is 0. The monoisotopic (exact) mass is 392 g/mol. The number of aromatic amines is 1. The molecule has 26 heavy (non-hydrogen) atoms. The highest BCUT2D eigenvalue weighted by Crippen LogP contribution is 2.42. The fourth-order valence-corrected chi connectivity index (χ4v) is 2.51. The van der Waals surface area contributed by atoms with Crippen LogP contribution in [-0.2, 0) is 0 Å². The Labute approximate surface area is 146 Å². The van der Waals surface area contributed by atoms with Crippen LogP contribution in [0.3, 0.4) is 0 Å². The number of halogens is 4. The Bertz CT molecular complexity index is 970. The molecular formula is C14H8ClF3N2O6. The van der Waals surface area contributed by atoms with Crippen LogP contribution in [0.4, 0.5) is 19.0 Å². The smallest absolute Gasteiger partial charge is 0.478 e. The number of carbonyl (C=O) groups is 2. The first-order valence-corrected chi connectivity index (χ1v) is 6.88. The van der Waals surface area contributed by atoms with E-state index in [4.69, 9.17) is 17.3 Å². The molecular weight excluding hydrogens is 385 g/mol. The summed E-state index contributed by atoms with van der Waals surface area (Å²) in [5, 5.41) is 18.1. The van der Waals surface area contributed by atoms with Crippen molar-refractivity contribution in [2.24, 2.45) is 0 Å². The van der Waals surface area contributed by atoms with E-state index in [-0.39, 0.29) is 0 Å². The predicted molar refractivity (Wildman–Crippen MR) is 82.5 cm³/mol. The Hall–Kier alpha value is -3.21. The summed E-state index contributed by atoms with van der Waals surface area (Å²) in [6, 6.07) is 2.91. The normalized spacial score (nSPS) is 11.2. The molecule has 0 saturated heterocycles. The number of alkyl halides is 3. The van der Waals surface area contributed by atoms with Crippen molar-refractivity contribution in [2.45, 2.75) is 6.36 Å². The van der Waals surface area contributed by atoms with E-state index in [2.05, 4.69) is 4.74 Å². The Balaban J connectivity index is 3.04. The standard InChI is InChI=1S/C14H8ClF3N2O6/c15-4-2-1-3-5(26-14(16,17)18)6(4)7-8(12(22)23)10(19)20-11(21)9(7)13(24)25/h1-3H,(H,22,23)(H,24,25)(H3,19,20,21). The molecule has 8 nitrogen and oxygen atoms in total. The molecule has 0 unspecified atom stereocenters. The zero-order chi connectivity index (χ0) is 19.8. The van der Waals surface area contributed by atoms with E-state index in [1.54, 1.807) is 0 Å². The van der Waals surface area contributed by atoms with E-state index < -0.39 is 62.7 Å². The lowest BCUT2D eigenvalue weighted by Crippen LogP contribution is -2.25. The van der Waals surface area contributed by atoms with Crippen LogP contribution >= 0.6 is 11.6 Å². The summed E-state index contributed by atoms with van der Waals surface area (Å²) in [5.74, 6) is -5.46. The molecule has 0 aliphatic rings. The highest BCUT2D eigenvalue weighted by atomic mass is 35.5. The number of carboxylic acid groups (broad SMARTS) is 2. The van der Waals surface area contributed by atoms with Crippen LogP contribution in [0.2, 0.25) is 5.02 Å². The lowest BCUT2D eigenvalue weighted by Gasteiger charge is -2.18. The van der Waals surface area contributed by atoms with Crippen LogP contribution in [0.15, 0.2) is 23.0 Å². The zero-order valence-electron chi connectivity index (χ0n) is 12.3. The van der Waals surface area contributed by atoms with Gasteiger partial charge in [0.2, 0.25) is 0 Å². The number of pyridine rings is 1. The van der Waals surface area contributed by atoms with Gasteiger partial charge >= 0.3 is 18.3 Å². The maximum atomic E-state index is 12.7. The van der Waals surface area contributed by atoms with E-state index in [0.29, 0.717) is 0 Å². The minimum Gasteiger partial charge on any atom is -0.478 e. The number of rotatable bonds is 4. The number of nitrogens with two attached hydrogens (primary N) is 1. The summed E-state index contributed by atoms with van der Waals surface area (Å²) < 4.78 is 41.8. The molecule has 0 atom stereocenters. The number of anilines is 1. The molecule has 0 fully saturated rings. The third kappa shape index (κ3) is 3.57. The van der Waals surface area contributed by atoms with E-state index in [1.165, 1.54) is 0 Å². The summed E-state index contributed by atoms with van der Waals surface area (Å²) in [5.41, 5.74) is 0.340. The van der Waals surface area contributed by atoms with Gasteiger partial charge in [0.25, 0.3) is 5.56 Å². The minimum absolute atomic E-state index is 0.484. The molecule has 0 saturated carbocycles. The molecule has 0 spiro atoms. The van der Waals surface area contributed by atoms with Gasteiger partial charge in [0.05, 0.1) is 5.02 Å². The largest absolute Gasteiger partial charge is 0.573 e. The maximum Gasteiger partial charge on any atom is 0.573 e.